The van der Waals surface area contributed by atoms with Gasteiger partial charge in [-0.1, -0.05) is 0 Å². The monoisotopic (exact) mass is 345 g/mol. The number of halogens is 1. The van der Waals surface area contributed by atoms with Gasteiger partial charge in [0, 0.05) is 17.3 Å². The fourth-order valence-electron chi connectivity index (χ4n) is 2.31. The standard InChI is InChI=1S/C16H12FN3O3S/c1-8-12(17)5-10(6-14(8)20(22)23)16(21)19-11-3-4-13-15(7-11)24-9(2)18-13/h3-7H,1-2H3,(H,19,21). The molecule has 122 valence electrons. The summed E-state index contributed by atoms with van der Waals surface area (Å²) in [5.41, 5.74) is 0.712. The van der Waals surface area contributed by atoms with E-state index in [1.165, 1.54) is 18.3 Å². The summed E-state index contributed by atoms with van der Waals surface area (Å²) in [5.74, 6) is -1.40. The van der Waals surface area contributed by atoms with Crippen LogP contribution in [0.25, 0.3) is 10.2 Å². The highest BCUT2D eigenvalue weighted by Gasteiger charge is 2.19. The van der Waals surface area contributed by atoms with Crippen LogP contribution in [0.1, 0.15) is 20.9 Å². The van der Waals surface area contributed by atoms with Crippen LogP contribution in [-0.2, 0) is 0 Å². The van der Waals surface area contributed by atoms with Gasteiger partial charge in [0.15, 0.2) is 0 Å². The second-order valence-electron chi connectivity index (χ2n) is 5.23. The predicted molar refractivity (Wildman–Crippen MR) is 90.1 cm³/mol. The molecule has 6 nitrogen and oxygen atoms in total. The van der Waals surface area contributed by atoms with Crippen molar-refractivity contribution in [2.24, 2.45) is 0 Å². The zero-order valence-corrected chi connectivity index (χ0v) is 13.6. The van der Waals surface area contributed by atoms with Crippen LogP contribution in [0.5, 0.6) is 0 Å². The van der Waals surface area contributed by atoms with Gasteiger partial charge in [0.25, 0.3) is 11.6 Å². The van der Waals surface area contributed by atoms with E-state index in [2.05, 4.69) is 10.3 Å². The van der Waals surface area contributed by atoms with Crippen molar-refractivity contribution in [2.75, 3.05) is 5.32 Å². The molecule has 0 bridgehead atoms. The van der Waals surface area contributed by atoms with Gasteiger partial charge in [-0.2, -0.15) is 0 Å². The number of carbonyl (C=O) groups is 1. The van der Waals surface area contributed by atoms with Crippen LogP contribution in [0, 0.1) is 29.8 Å². The Bertz CT molecular complexity index is 984. The quantitative estimate of drug-likeness (QED) is 0.569. The minimum atomic E-state index is -0.789. The van der Waals surface area contributed by atoms with Crippen LogP contribution in [0.3, 0.4) is 0 Å². The molecule has 1 heterocycles. The van der Waals surface area contributed by atoms with Crippen LogP contribution in [0.2, 0.25) is 0 Å². The van der Waals surface area contributed by atoms with E-state index in [9.17, 15) is 19.3 Å². The van der Waals surface area contributed by atoms with Gasteiger partial charge in [0.2, 0.25) is 0 Å². The van der Waals surface area contributed by atoms with Crippen LogP contribution < -0.4 is 5.32 Å². The summed E-state index contributed by atoms with van der Waals surface area (Å²) in [5, 5.41) is 14.5. The van der Waals surface area contributed by atoms with E-state index >= 15 is 0 Å². The smallest absolute Gasteiger partial charge is 0.276 e. The fraction of sp³-hybridized carbons (Fsp3) is 0.125. The summed E-state index contributed by atoms with van der Waals surface area (Å²) in [7, 11) is 0. The molecule has 24 heavy (non-hydrogen) atoms. The zero-order chi connectivity index (χ0) is 17.4. The highest BCUT2D eigenvalue weighted by Crippen LogP contribution is 2.26. The molecule has 8 heteroatoms. The van der Waals surface area contributed by atoms with Gasteiger partial charge in [-0.15, -0.1) is 11.3 Å². The van der Waals surface area contributed by atoms with E-state index in [-0.39, 0.29) is 11.1 Å². The van der Waals surface area contributed by atoms with E-state index < -0.39 is 22.3 Å². The molecule has 0 radical (unpaired) electrons. The molecule has 0 aliphatic rings. The Balaban J connectivity index is 1.92. The summed E-state index contributed by atoms with van der Waals surface area (Å²) < 4.78 is 14.7. The molecule has 3 rings (SSSR count). The molecule has 1 aromatic heterocycles. The maximum Gasteiger partial charge on any atom is 0.276 e. The summed E-state index contributed by atoms with van der Waals surface area (Å²) in [4.78, 5) is 26.9. The number of amides is 1. The van der Waals surface area contributed by atoms with Crippen molar-refractivity contribution in [3.05, 3.63) is 62.4 Å². The lowest BCUT2D eigenvalue weighted by molar-refractivity contribution is -0.385. The number of hydrogen-bond acceptors (Lipinski definition) is 5. The van der Waals surface area contributed by atoms with Crippen molar-refractivity contribution in [3.8, 4) is 0 Å². The number of fused-ring (bicyclic) bond motifs is 1. The number of aryl methyl sites for hydroxylation is 1. The molecular weight excluding hydrogens is 333 g/mol. The Labute approximate surface area is 140 Å². The topological polar surface area (TPSA) is 85.1 Å². The van der Waals surface area contributed by atoms with Gasteiger partial charge in [0.1, 0.15) is 5.82 Å². The Kier molecular flexibility index (Phi) is 3.98. The van der Waals surface area contributed by atoms with E-state index in [0.717, 1.165) is 27.4 Å². The van der Waals surface area contributed by atoms with Crippen LogP contribution >= 0.6 is 11.3 Å². The van der Waals surface area contributed by atoms with Gasteiger partial charge >= 0.3 is 0 Å². The molecule has 0 unspecified atom stereocenters. The van der Waals surface area contributed by atoms with Crippen molar-refractivity contribution in [3.63, 3.8) is 0 Å². The average Bonchev–Trinajstić information content (AvgIpc) is 2.88. The molecule has 2 aromatic carbocycles. The zero-order valence-electron chi connectivity index (χ0n) is 12.8. The molecule has 0 spiro atoms. The third kappa shape index (κ3) is 2.95. The van der Waals surface area contributed by atoms with Crippen LogP contribution in [-0.4, -0.2) is 15.8 Å². The lowest BCUT2D eigenvalue weighted by Crippen LogP contribution is -2.13. The lowest BCUT2D eigenvalue weighted by Gasteiger charge is -2.07. The molecule has 0 aliphatic heterocycles. The maximum atomic E-state index is 13.8. The third-order valence-corrected chi connectivity index (χ3v) is 4.46. The van der Waals surface area contributed by atoms with Gasteiger partial charge < -0.3 is 5.32 Å². The number of nitrogens with zero attached hydrogens (tertiary/aromatic N) is 2. The number of rotatable bonds is 3. The first kappa shape index (κ1) is 16.0. The third-order valence-electron chi connectivity index (χ3n) is 3.53. The van der Waals surface area contributed by atoms with Crippen LogP contribution in [0.15, 0.2) is 30.3 Å². The first-order chi connectivity index (χ1) is 11.3. The van der Waals surface area contributed by atoms with Crippen molar-refractivity contribution in [1.82, 2.24) is 4.98 Å². The van der Waals surface area contributed by atoms with Gasteiger partial charge in [-0.3, -0.25) is 14.9 Å². The largest absolute Gasteiger partial charge is 0.322 e. The number of nitro benzene ring substituents is 1. The minimum absolute atomic E-state index is 0.0990. The van der Waals surface area contributed by atoms with Crippen molar-refractivity contribution in [2.45, 2.75) is 13.8 Å². The molecule has 0 aliphatic carbocycles. The maximum absolute atomic E-state index is 13.8. The van der Waals surface area contributed by atoms with E-state index in [4.69, 9.17) is 0 Å². The Morgan fingerprint density at radius 1 is 1.29 bits per heavy atom. The molecule has 0 fully saturated rings. The highest BCUT2D eigenvalue weighted by atomic mass is 32.1. The van der Waals surface area contributed by atoms with E-state index in [0.29, 0.717) is 5.69 Å². The molecule has 1 amide bonds. The summed E-state index contributed by atoms with van der Waals surface area (Å²) >= 11 is 1.49. The summed E-state index contributed by atoms with van der Waals surface area (Å²) in [6, 6.07) is 7.28. The lowest BCUT2D eigenvalue weighted by atomic mass is 10.1. The number of nitro groups is 1. The number of thiazole rings is 1. The second kappa shape index (κ2) is 5.97. The van der Waals surface area contributed by atoms with Crippen LogP contribution in [0.4, 0.5) is 15.8 Å². The first-order valence-electron chi connectivity index (χ1n) is 6.98. The SMILES string of the molecule is Cc1nc2ccc(NC(=O)c3cc(F)c(C)c([N+](=O)[O-])c3)cc2s1. The minimum Gasteiger partial charge on any atom is -0.322 e. The molecule has 3 aromatic rings. The first-order valence-corrected chi connectivity index (χ1v) is 7.80. The number of aromatic nitrogens is 1. The summed E-state index contributed by atoms with van der Waals surface area (Å²) in [6.07, 6.45) is 0. The fourth-order valence-corrected chi connectivity index (χ4v) is 3.17. The molecule has 1 N–H and O–H groups in total. The highest BCUT2D eigenvalue weighted by molar-refractivity contribution is 7.18. The van der Waals surface area contributed by atoms with Gasteiger partial charge in [0.05, 0.1) is 25.7 Å². The number of hydrogen-bond donors (Lipinski definition) is 1. The van der Waals surface area contributed by atoms with Crippen molar-refractivity contribution in [1.29, 1.82) is 0 Å². The van der Waals surface area contributed by atoms with Gasteiger partial charge in [-0.05, 0) is 38.1 Å². The molecule has 0 saturated heterocycles. The van der Waals surface area contributed by atoms with E-state index in [1.54, 1.807) is 18.2 Å². The number of nitrogens with one attached hydrogen (secondary N) is 1. The predicted octanol–water partition coefficient (Wildman–Crippen LogP) is 4.21. The van der Waals surface area contributed by atoms with Crippen molar-refractivity contribution < 1.29 is 14.1 Å². The Morgan fingerprint density at radius 3 is 2.75 bits per heavy atom. The van der Waals surface area contributed by atoms with E-state index in [1.807, 2.05) is 6.92 Å². The van der Waals surface area contributed by atoms with Crippen molar-refractivity contribution >= 4 is 38.8 Å². The Hall–Kier alpha value is -2.87. The molecule has 0 atom stereocenters. The normalized spacial score (nSPS) is 10.8. The number of carbonyl (C=O) groups excluding carboxylic acids is 1. The Morgan fingerprint density at radius 2 is 2.04 bits per heavy atom. The average molecular weight is 345 g/mol. The molecule has 0 saturated carbocycles. The van der Waals surface area contributed by atoms with Gasteiger partial charge in [-0.25, -0.2) is 9.37 Å². The molecular formula is C16H12FN3O3S. The number of benzene rings is 2. The second-order valence-corrected chi connectivity index (χ2v) is 6.46. The summed E-state index contributed by atoms with van der Waals surface area (Å²) in [6.45, 7) is 3.19. The number of anilines is 1.